The molecule has 0 bridgehead atoms. The topological polar surface area (TPSA) is 127 Å². The number of hydrogen-bond donors (Lipinski definition) is 2. The van der Waals surface area contributed by atoms with Crippen molar-refractivity contribution in [3.05, 3.63) is 92.9 Å². The summed E-state index contributed by atoms with van der Waals surface area (Å²) in [6.07, 6.45) is 5.28. The zero-order valence-corrected chi connectivity index (χ0v) is 22.7. The van der Waals surface area contributed by atoms with Crippen LogP contribution in [0.2, 0.25) is 0 Å². The van der Waals surface area contributed by atoms with Crippen LogP contribution in [-0.2, 0) is 14.3 Å². The number of fused-ring (bicyclic) bond motifs is 2. The Bertz CT molecular complexity index is 1690. The van der Waals surface area contributed by atoms with Crippen LogP contribution in [0.5, 0.6) is 0 Å². The van der Waals surface area contributed by atoms with Crippen LogP contribution in [0.4, 0.5) is 0 Å². The molecule has 0 aliphatic carbocycles. The number of H-pyrrole nitrogens is 1. The number of amides is 1. The van der Waals surface area contributed by atoms with Crippen LogP contribution in [-0.4, -0.2) is 58.1 Å². The molecule has 2 atom stereocenters. The Morgan fingerprint density at radius 3 is 2.66 bits per heavy atom. The molecule has 1 fully saturated rings. The number of aliphatic hydroxyl groups is 1. The number of likely N-dealkylation sites (tertiary alicyclic amines) is 1. The highest BCUT2D eigenvalue weighted by Crippen LogP contribution is 2.33. The Kier molecular flexibility index (Phi) is 7.76. The number of hydrogen-bond acceptors (Lipinski definition) is 7. The lowest BCUT2D eigenvalue weighted by Crippen LogP contribution is -2.42. The van der Waals surface area contributed by atoms with E-state index in [1.165, 1.54) is 6.26 Å². The third-order valence-corrected chi connectivity index (χ3v) is 7.97. The standard InChI is InChI=1S/C31H33N3O7/c35-15-5-6-16-39-28-18-20(23-19-40-26-10-4-1-7-22(26)29(23)36)17-27(41-28)30(37)33-13-11-21(12-14-33)34-25-9-3-2-8-24(25)32-31(34)38/h1-4,7-10,17,19-21,28,35H,5-6,11-16,18H2,(H,32,38)/t20-,28+/m1/s1. The molecule has 6 rings (SSSR count). The maximum atomic E-state index is 13.7. The van der Waals surface area contributed by atoms with Gasteiger partial charge in [0, 0.05) is 43.6 Å². The maximum absolute atomic E-state index is 13.7. The van der Waals surface area contributed by atoms with Crippen LogP contribution in [0.1, 0.15) is 49.6 Å². The number of rotatable bonds is 8. The quantitative estimate of drug-likeness (QED) is 0.315. The van der Waals surface area contributed by atoms with E-state index in [-0.39, 0.29) is 35.4 Å². The van der Waals surface area contributed by atoms with E-state index < -0.39 is 12.2 Å². The minimum atomic E-state index is -0.726. The van der Waals surface area contributed by atoms with Crippen LogP contribution < -0.4 is 11.1 Å². The molecule has 4 aromatic rings. The molecule has 0 radical (unpaired) electrons. The first-order chi connectivity index (χ1) is 20.0. The summed E-state index contributed by atoms with van der Waals surface area (Å²) < 4.78 is 19.5. The number of para-hydroxylation sites is 3. The van der Waals surface area contributed by atoms with Crippen LogP contribution in [0.15, 0.2) is 80.6 Å². The average Bonchev–Trinajstić information content (AvgIpc) is 3.35. The monoisotopic (exact) mass is 559 g/mol. The molecule has 2 aliphatic rings. The summed E-state index contributed by atoms with van der Waals surface area (Å²) in [6.45, 7) is 1.35. The third-order valence-electron chi connectivity index (χ3n) is 7.97. The summed E-state index contributed by atoms with van der Waals surface area (Å²) in [6, 6.07) is 14.7. The molecule has 0 unspecified atom stereocenters. The molecule has 10 nitrogen and oxygen atoms in total. The lowest BCUT2D eigenvalue weighted by molar-refractivity contribution is -0.153. The van der Waals surface area contributed by atoms with Gasteiger partial charge in [0.15, 0.2) is 11.2 Å². The molecule has 1 amide bonds. The summed E-state index contributed by atoms with van der Waals surface area (Å²) >= 11 is 0. The SMILES string of the molecule is O=C(C1=C[C@@H](c2coc3ccccc3c2=O)C[C@@H](OCCCCO)O1)N1CCC(n2c(=O)[nH]c3ccccc32)CC1. The number of aliphatic hydroxyl groups excluding tert-OH is 1. The van der Waals surface area contributed by atoms with Crippen molar-refractivity contribution in [3.8, 4) is 0 Å². The van der Waals surface area contributed by atoms with Crippen molar-refractivity contribution in [2.24, 2.45) is 0 Å². The van der Waals surface area contributed by atoms with Gasteiger partial charge in [0.05, 0.1) is 29.3 Å². The Hall–Kier alpha value is -4.15. The van der Waals surface area contributed by atoms with Gasteiger partial charge in [-0.05, 0) is 56.0 Å². The van der Waals surface area contributed by atoms with E-state index in [2.05, 4.69) is 4.98 Å². The van der Waals surface area contributed by atoms with E-state index in [0.29, 0.717) is 68.3 Å². The van der Waals surface area contributed by atoms with Crippen molar-refractivity contribution in [1.82, 2.24) is 14.5 Å². The highest BCUT2D eigenvalue weighted by Gasteiger charge is 2.34. The van der Waals surface area contributed by atoms with E-state index in [9.17, 15) is 14.4 Å². The van der Waals surface area contributed by atoms with Gasteiger partial charge in [0.25, 0.3) is 5.91 Å². The number of carbonyl (C=O) groups excluding carboxylic acids is 1. The van der Waals surface area contributed by atoms with Gasteiger partial charge in [-0.15, -0.1) is 0 Å². The highest BCUT2D eigenvalue weighted by atomic mass is 16.7. The van der Waals surface area contributed by atoms with Gasteiger partial charge in [-0.25, -0.2) is 4.79 Å². The zero-order chi connectivity index (χ0) is 28.3. The molecule has 10 heteroatoms. The van der Waals surface area contributed by atoms with Gasteiger partial charge in [-0.1, -0.05) is 24.3 Å². The predicted octanol–water partition coefficient (Wildman–Crippen LogP) is 3.80. The Morgan fingerprint density at radius 2 is 1.83 bits per heavy atom. The number of imidazole rings is 1. The molecule has 0 saturated carbocycles. The number of allylic oxidation sites excluding steroid dienone is 1. The molecular formula is C31H33N3O7. The Labute approximate surface area is 235 Å². The molecule has 41 heavy (non-hydrogen) atoms. The number of nitrogens with zero attached hydrogens (tertiary/aromatic N) is 2. The fraction of sp³-hybridized carbons (Fsp3) is 0.387. The summed E-state index contributed by atoms with van der Waals surface area (Å²) in [5, 5.41) is 9.58. The van der Waals surface area contributed by atoms with Crippen molar-refractivity contribution >= 4 is 27.9 Å². The molecule has 0 spiro atoms. The summed E-state index contributed by atoms with van der Waals surface area (Å²) in [7, 11) is 0. The van der Waals surface area contributed by atoms with Crippen molar-refractivity contribution in [2.75, 3.05) is 26.3 Å². The molecule has 1 saturated heterocycles. The van der Waals surface area contributed by atoms with Crippen LogP contribution in [0.25, 0.3) is 22.0 Å². The second-order valence-electron chi connectivity index (χ2n) is 10.6. The van der Waals surface area contributed by atoms with E-state index >= 15 is 0 Å². The largest absolute Gasteiger partial charge is 0.464 e. The molecule has 2 aromatic heterocycles. The van der Waals surface area contributed by atoms with Crippen LogP contribution in [0, 0.1) is 0 Å². The number of unbranched alkanes of at least 4 members (excludes halogenated alkanes) is 1. The first-order valence-electron chi connectivity index (χ1n) is 14.1. The molecule has 214 valence electrons. The normalized spacial score (nSPS) is 19.8. The number of ether oxygens (including phenoxy) is 2. The number of nitrogens with one attached hydrogen (secondary N) is 1. The van der Waals surface area contributed by atoms with Crippen molar-refractivity contribution in [2.45, 2.75) is 50.4 Å². The molecular weight excluding hydrogens is 526 g/mol. The molecule has 2 N–H and O–H groups in total. The van der Waals surface area contributed by atoms with E-state index in [0.717, 1.165) is 11.0 Å². The van der Waals surface area contributed by atoms with Gasteiger partial charge >= 0.3 is 5.69 Å². The summed E-state index contributed by atoms with van der Waals surface area (Å²) in [5.74, 6) is -0.564. The smallest absolute Gasteiger partial charge is 0.326 e. The predicted molar refractivity (Wildman–Crippen MR) is 152 cm³/mol. The van der Waals surface area contributed by atoms with Crippen LogP contribution in [0.3, 0.4) is 0 Å². The maximum Gasteiger partial charge on any atom is 0.326 e. The second-order valence-corrected chi connectivity index (χ2v) is 10.6. The van der Waals surface area contributed by atoms with Crippen molar-refractivity contribution in [1.29, 1.82) is 0 Å². The number of piperidine rings is 1. The Balaban J connectivity index is 1.22. The zero-order valence-electron chi connectivity index (χ0n) is 22.7. The van der Waals surface area contributed by atoms with E-state index in [1.807, 2.05) is 30.3 Å². The summed E-state index contributed by atoms with van der Waals surface area (Å²) in [5.41, 5.74) is 2.31. The fourth-order valence-corrected chi connectivity index (χ4v) is 5.82. The number of carbonyl (C=O) groups is 1. The van der Waals surface area contributed by atoms with Crippen molar-refractivity contribution < 1.29 is 23.8 Å². The summed E-state index contributed by atoms with van der Waals surface area (Å²) in [4.78, 5) is 44.4. The fourth-order valence-electron chi connectivity index (χ4n) is 5.82. The minimum absolute atomic E-state index is 0.0264. The average molecular weight is 560 g/mol. The number of benzene rings is 2. The molecule has 4 heterocycles. The third kappa shape index (κ3) is 5.45. The number of aromatic amines is 1. The van der Waals surface area contributed by atoms with Gasteiger partial charge in [-0.2, -0.15) is 0 Å². The van der Waals surface area contributed by atoms with Crippen molar-refractivity contribution in [3.63, 3.8) is 0 Å². The lowest BCUT2D eigenvalue weighted by atomic mass is 9.93. The lowest BCUT2D eigenvalue weighted by Gasteiger charge is -2.35. The van der Waals surface area contributed by atoms with Gasteiger partial charge in [-0.3, -0.25) is 14.2 Å². The van der Waals surface area contributed by atoms with E-state index in [4.69, 9.17) is 19.0 Å². The molecule has 2 aromatic carbocycles. The molecule has 2 aliphatic heterocycles. The first kappa shape index (κ1) is 27.0. The van der Waals surface area contributed by atoms with Crippen LogP contribution >= 0.6 is 0 Å². The van der Waals surface area contributed by atoms with Gasteiger partial charge in [0.2, 0.25) is 6.29 Å². The number of aromatic nitrogens is 2. The van der Waals surface area contributed by atoms with Gasteiger partial charge < -0.3 is 28.9 Å². The van der Waals surface area contributed by atoms with E-state index in [1.54, 1.807) is 33.7 Å². The Morgan fingerprint density at radius 1 is 1.05 bits per heavy atom. The highest BCUT2D eigenvalue weighted by molar-refractivity contribution is 5.92. The first-order valence-corrected chi connectivity index (χ1v) is 14.1. The van der Waals surface area contributed by atoms with Gasteiger partial charge in [0.1, 0.15) is 5.58 Å². The second kappa shape index (κ2) is 11.8. The minimum Gasteiger partial charge on any atom is -0.464 e.